The number of aromatic nitrogens is 2. The van der Waals surface area contributed by atoms with Crippen molar-refractivity contribution in [3.8, 4) is 0 Å². The maximum atomic E-state index is 6.06. The van der Waals surface area contributed by atoms with E-state index >= 15 is 0 Å². The lowest BCUT2D eigenvalue weighted by molar-refractivity contribution is -0.0186. The minimum Gasteiger partial charge on any atom is -0.464 e. The summed E-state index contributed by atoms with van der Waals surface area (Å²) in [5.74, 6) is 4.62. The highest BCUT2D eigenvalue weighted by Crippen LogP contribution is 2.47. The first-order valence-electron chi connectivity index (χ1n) is 9.21. The first-order valence-corrected chi connectivity index (χ1v) is 9.21. The van der Waals surface area contributed by atoms with Gasteiger partial charge >= 0.3 is 0 Å². The highest BCUT2D eigenvalue weighted by molar-refractivity contribution is 5.17. The molecule has 4 rings (SSSR count). The lowest BCUT2D eigenvalue weighted by Crippen LogP contribution is -2.40. The number of hydrogen-bond acceptors (Lipinski definition) is 4. The molecule has 130 valence electrons. The van der Waals surface area contributed by atoms with E-state index in [2.05, 4.69) is 40.8 Å². The molecule has 1 saturated heterocycles. The topological polar surface area (TPSA) is 52.2 Å². The Morgan fingerprint density at radius 1 is 1.38 bits per heavy atom. The molecule has 2 aromatic heterocycles. The lowest BCUT2D eigenvalue weighted by atomic mass is 10.0. The van der Waals surface area contributed by atoms with Gasteiger partial charge < -0.3 is 19.0 Å². The summed E-state index contributed by atoms with van der Waals surface area (Å²) in [5.41, 5.74) is 0. The molecule has 1 aliphatic carbocycles. The largest absolute Gasteiger partial charge is 0.464 e. The molecule has 0 unspecified atom stereocenters. The minimum absolute atomic E-state index is 0.0200. The van der Waals surface area contributed by atoms with Gasteiger partial charge in [-0.05, 0) is 44.2 Å². The third-order valence-electron chi connectivity index (χ3n) is 5.36. The van der Waals surface area contributed by atoms with Crippen molar-refractivity contribution in [2.45, 2.75) is 64.3 Å². The van der Waals surface area contributed by atoms with Gasteiger partial charge in [0.1, 0.15) is 23.4 Å². The average Bonchev–Trinajstić information content (AvgIpc) is 3.04. The van der Waals surface area contributed by atoms with E-state index in [0.717, 1.165) is 55.8 Å². The Kier molecular flexibility index (Phi) is 4.46. The van der Waals surface area contributed by atoms with Crippen LogP contribution in [0.2, 0.25) is 0 Å². The molecule has 1 aliphatic heterocycles. The van der Waals surface area contributed by atoms with Crippen molar-refractivity contribution in [1.29, 1.82) is 0 Å². The van der Waals surface area contributed by atoms with E-state index in [9.17, 15) is 0 Å². The van der Waals surface area contributed by atoms with Gasteiger partial charge in [0.25, 0.3) is 0 Å². The van der Waals surface area contributed by atoms with Crippen LogP contribution in [0.25, 0.3) is 0 Å². The Bertz CT molecular complexity index is 678. The number of imidazole rings is 1. The Morgan fingerprint density at radius 2 is 2.25 bits per heavy atom. The summed E-state index contributed by atoms with van der Waals surface area (Å²) in [4.78, 5) is 4.53. The number of ether oxygens (including phenoxy) is 1. The summed E-state index contributed by atoms with van der Waals surface area (Å²) < 4.78 is 14.2. The molecular weight excluding hydrogens is 302 g/mol. The molecule has 0 radical (unpaired) electrons. The van der Waals surface area contributed by atoms with Gasteiger partial charge in [-0.3, -0.25) is 0 Å². The van der Waals surface area contributed by atoms with Crippen LogP contribution in [-0.2, 0) is 17.8 Å². The predicted molar refractivity (Wildman–Crippen MR) is 91.7 cm³/mol. The molecule has 2 fully saturated rings. The normalized spacial score (nSPS) is 29.8. The molecule has 0 aromatic carbocycles. The molecule has 5 nitrogen and oxygen atoms in total. The summed E-state index contributed by atoms with van der Waals surface area (Å²) in [7, 11) is 0. The fourth-order valence-corrected chi connectivity index (χ4v) is 3.73. The van der Waals surface area contributed by atoms with Crippen molar-refractivity contribution >= 4 is 0 Å². The highest BCUT2D eigenvalue weighted by atomic mass is 16.5. The van der Waals surface area contributed by atoms with Gasteiger partial charge in [-0.15, -0.1) is 0 Å². The summed E-state index contributed by atoms with van der Waals surface area (Å²) in [5, 5.41) is 3.64. The first-order chi connectivity index (χ1) is 11.8. The molecule has 4 atom stereocenters. The smallest absolute Gasteiger partial charge is 0.139 e. The van der Waals surface area contributed by atoms with Crippen molar-refractivity contribution in [2.24, 2.45) is 5.92 Å². The Hall–Kier alpha value is -1.59. The minimum atomic E-state index is 0.0200. The Morgan fingerprint density at radius 3 is 3.04 bits per heavy atom. The van der Waals surface area contributed by atoms with E-state index < -0.39 is 0 Å². The summed E-state index contributed by atoms with van der Waals surface area (Å²) in [6.45, 7) is 6.90. The van der Waals surface area contributed by atoms with Crippen molar-refractivity contribution in [2.75, 3.05) is 6.61 Å². The molecule has 2 aromatic rings. The first kappa shape index (κ1) is 15.9. The summed E-state index contributed by atoms with van der Waals surface area (Å²) >= 11 is 0. The zero-order chi connectivity index (χ0) is 16.5. The fourth-order valence-electron chi connectivity index (χ4n) is 3.73. The molecule has 3 heterocycles. The number of rotatable bonds is 6. The standard InChI is InChI=1S/C19H27N3O2/c1-3-22-9-8-20-19(22)18-16(5-4-10-23-18)21-12-14-6-7-17(24-14)15-11-13(15)2/h6-9,13,15-16,18,21H,3-5,10-12H2,1-2H3/t13-,15-,16-,18-/m0/s1. The second-order valence-electron chi connectivity index (χ2n) is 7.12. The van der Waals surface area contributed by atoms with Gasteiger partial charge in [-0.1, -0.05) is 6.92 Å². The molecule has 0 bridgehead atoms. The fraction of sp³-hybridized carbons (Fsp3) is 0.632. The maximum Gasteiger partial charge on any atom is 0.139 e. The highest BCUT2D eigenvalue weighted by Gasteiger charge is 2.36. The van der Waals surface area contributed by atoms with Gasteiger partial charge in [-0.2, -0.15) is 0 Å². The number of nitrogens with one attached hydrogen (secondary N) is 1. The third kappa shape index (κ3) is 3.15. The van der Waals surface area contributed by atoms with Crippen molar-refractivity contribution in [1.82, 2.24) is 14.9 Å². The van der Waals surface area contributed by atoms with E-state index in [1.165, 1.54) is 6.42 Å². The van der Waals surface area contributed by atoms with Gasteiger partial charge in [0.2, 0.25) is 0 Å². The van der Waals surface area contributed by atoms with Crippen LogP contribution in [0.5, 0.6) is 0 Å². The molecular formula is C19H27N3O2. The van der Waals surface area contributed by atoms with E-state index in [-0.39, 0.29) is 12.1 Å². The van der Waals surface area contributed by atoms with Crippen LogP contribution < -0.4 is 5.32 Å². The maximum absolute atomic E-state index is 6.06. The number of hydrogen-bond donors (Lipinski definition) is 1. The van der Waals surface area contributed by atoms with Crippen LogP contribution in [0.1, 0.15) is 62.5 Å². The van der Waals surface area contributed by atoms with Crippen LogP contribution in [0.4, 0.5) is 0 Å². The van der Waals surface area contributed by atoms with Crippen LogP contribution in [0.3, 0.4) is 0 Å². The molecule has 0 amide bonds. The monoisotopic (exact) mass is 329 g/mol. The van der Waals surface area contributed by atoms with E-state index in [0.29, 0.717) is 5.92 Å². The van der Waals surface area contributed by atoms with Gasteiger partial charge in [0, 0.05) is 37.5 Å². The molecule has 1 N–H and O–H groups in total. The van der Waals surface area contributed by atoms with Crippen molar-refractivity contribution in [3.05, 3.63) is 41.9 Å². The number of furan rings is 1. The van der Waals surface area contributed by atoms with Crippen molar-refractivity contribution < 1.29 is 9.15 Å². The van der Waals surface area contributed by atoms with Gasteiger partial charge in [0.15, 0.2) is 0 Å². The molecule has 24 heavy (non-hydrogen) atoms. The predicted octanol–water partition coefficient (Wildman–Crippen LogP) is 3.63. The molecule has 5 heteroatoms. The quantitative estimate of drug-likeness (QED) is 0.879. The third-order valence-corrected chi connectivity index (χ3v) is 5.36. The van der Waals surface area contributed by atoms with E-state index in [4.69, 9.17) is 9.15 Å². The van der Waals surface area contributed by atoms with E-state index in [1.54, 1.807) is 0 Å². The lowest BCUT2D eigenvalue weighted by Gasteiger charge is -2.32. The van der Waals surface area contributed by atoms with Crippen molar-refractivity contribution in [3.63, 3.8) is 0 Å². The van der Waals surface area contributed by atoms with Crippen LogP contribution in [-0.4, -0.2) is 22.2 Å². The average molecular weight is 329 g/mol. The van der Waals surface area contributed by atoms with Gasteiger partial charge in [-0.25, -0.2) is 4.98 Å². The Labute approximate surface area is 143 Å². The number of aryl methyl sites for hydroxylation is 1. The van der Waals surface area contributed by atoms with Crippen LogP contribution in [0, 0.1) is 5.92 Å². The van der Waals surface area contributed by atoms with Crippen LogP contribution in [0.15, 0.2) is 28.9 Å². The summed E-state index contributed by atoms with van der Waals surface area (Å²) in [6, 6.07) is 4.53. The zero-order valence-electron chi connectivity index (χ0n) is 14.6. The zero-order valence-corrected chi connectivity index (χ0v) is 14.6. The summed E-state index contributed by atoms with van der Waals surface area (Å²) in [6.07, 6.45) is 7.37. The van der Waals surface area contributed by atoms with Gasteiger partial charge in [0.05, 0.1) is 6.54 Å². The second kappa shape index (κ2) is 6.73. The SMILES string of the molecule is CCn1ccnc1[C@H]1OCCC[C@@H]1NCc1ccc([C@H]2C[C@@H]2C)o1. The molecule has 1 saturated carbocycles. The molecule has 0 spiro atoms. The molecule has 2 aliphatic rings. The second-order valence-corrected chi connectivity index (χ2v) is 7.12. The van der Waals surface area contributed by atoms with Crippen LogP contribution >= 0.6 is 0 Å². The number of nitrogens with zero attached hydrogens (tertiary/aromatic N) is 2. The van der Waals surface area contributed by atoms with E-state index in [1.807, 2.05) is 12.4 Å². The Balaban J connectivity index is 1.41.